The minimum absolute atomic E-state index is 0.412. The van der Waals surface area contributed by atoms with Crippen LogP contribution in [-0.4, -0.2) is 24.6 Å². The lowest BCUT2D eigenvalue weighted by Crippen LogP contribution is -2.29. The number of anilines is 1. The second-order valence-electron chi connectivity index (χ2n) is 5.24. The Labute approximate surface area is 150 Å². The Balaban J connectivity index is 1.79. The Bertz CT molecular complexity index is 862. The van der Waals surface area contributed by atoms with Crippen molar-refractivity contribution in [3.05, 3.63) is 59.7 Å². The fourth-order valence-corrected chi connectivity index (χ4v) is 1.94. The number of hydrogen-bond acceptors (Lipinski definition) is 6. The van der Waals surface area contributed by atoms with Crippen LogP contribution in [0, 0.1) is 22.7 Å². The molecule has 0 unspecified atom stereocenters. The summed E-state index contributed by atoms with van der Waals surface area (Å²) >= 11 is 0. The van der Waals surface area contributed by atoms with E-state index in [4.69, 9.17) is 20.0 Å². The summed E-state index contributed by atoms with van der Waals surface area (Å²) in [5.41, 5.74) is 1.45. The van der Waals surface area contributed by atoms with E-state index in [2.05, 4.69) is 5.32 Å². The number of nitrogens with one attached hydrogen (secondary N) is 1. The molecule has 7 nitrogen and oxygen atoms in total. The standard InChI is InChI=1S/C19H15N3O4/c1-13(26-17-8-4-15(11-21)5-9-17)19(24)25-12-18(23)22-16-6-2-14(10-20)3-7-16/h2-9,13H,12H2,1H3,(H,22,23)/t13-/m1/s1. The van der Waals surface area contributed by atoms with Crippen LogP contribution < -0.4 is 10.1 Å². The lowest BCUT2D eigenvalue weighted by Gasteiger charge is -2.14. The van der Waals surface area contributed by atoms with Gasteiger partial charge in [-0.1, -0.05) is 0 Å². The molecule has 1 amide bonds. The molecule has 0 spiro atoms. The molecule has 130 valence electrons. The van der Waals surface area contributed by atoms with Gasteiger partial charge in [-0.15, -0.1) is 0 Å². The Kier molecular flexibility index (Phi) is 6.30. The lowest BCUT2D eigenvalue weighted by atomic mass is 10.2. The average molecular weight is 349 g/mol. The summed E-state index contributed by atoms with van der Waals surface area (Å²) in [6, 6.07) is 16.5. The summed E-state index contributed by atoms with van der Waals surface area (Å²) in [7, 11) is 0. The van der Waals surface area contributed by atoms with Gasteiger partial charge in [-0.05, 0) is 55.5 Å². The highest BCUT2D eigenvalue weighted by Crippen LogP contribution is 2.14. The molecule has 0 radical (unpaired) electrons. The van der Waals surface area contributed by atoms with E-state index in [9.17, 15) is 9.59 Å². The monoisotopic (exact) mass is 349 g/mol. The van der Waals surface area contributed by atoms with E-state index in [1.807, 2.05) is 12.1 Å². The molecule has 1 atom stereocenters. The zero-order chi connectivity index (χ0) is 18.9. The van der Waals surface area contributed by atoms with Gasteiger partial charge in [0.15, 0.2) is 12.7 Å². The molecule has 0 aliphatic carbocycles. The molecule has 0 bridgehead atoms. The van der Waals surface area contributed by atoms with Gasteiger partial charge in [0.05, 0.1) is 23.3 Å². The minimum atomic E-state index is -0.911. The molecule has 1 N–H and O–H groups in total. The average Bonchev–Trinajstić information content (AvgIpc) is 2.67. The van der Waals surface area contributed by atoms with E-state index in [-0.39, 0.29) is 0 Å². The summed E-state index contributed by atoms with van der Waals surface area (Å²) in [5, 5.41) is 20.0. The van der Waals surface area contributed by atoms with Crippen LogP contribution in [0.25, 0.3) is 0 Å². The quantitative estimate of drug-likeness (QED) is 0.801. The number of carbonyl (C=O) groups is 2. The Hall–Kier alpha value is -3.84. The first-order valence-electron chi connectivity index (χ1n) is 7.65. The lowest BCUT2D eigenvalue weighted by molar-refractivity contribution is -0.153. The third-order valence-electron chi connectivity index (χ3n) is 3.27. The maximum atomic E-state index is 11.9. The first kappa shape index (κ1) is 18.5. The molecule has 0 aliphatic heterocycles. The number of hydrogen-bond donors (Lipinski definition) is 1. The van der Waals surface area contributed by atoms with Crippen LogP contribution in [0.15, 0.2) is 48.5 Å². The number of carbonyl (C=O) groups excluding carboxylic acids is 2. The highest BCUT2D eigenvalue weighted by Gasteiger charge is 2.18. The van der Waals surface area contributed by atoms with Crippen LogP contribution in [0.4, 0.5) is 5.69 Å². The molecule has 0 saturated carbocycles. The van der Waals surface area contributed by atoms with Crippen molar-refractivity contribution in [1.82, 2.24) is 0 Å². The second kappa shape index (κ2) is 8.86. The smallest absolute Gasteiger partial charge is 0.347 e. The SMILES string of the molecule is C[C@@H](Oc1ccc(C#N)cc1)C(=O)OCC(=O)Nc1ccc(C#N)cc1. The molecule has 26 heavy (non-hydrogen) atoms. The molecular weight excluding hydrogens is 334 g/mol. The molecule has 2 aromatic rings. The summed E-state index contributed by atoms with van der Waals surface area (Å²) in [5.74, 6) is -0.784. The van der Waals surface area contributed by atoms with E-state index in [0.29, 0.717) is 22.6 Å². The number of rotatable bonds is 6. The fourth-order valence-electron chi connectivity index (χ4n) is 1.94. The maximum absolute atomic E-state index is 11.9. The highest BCUT2D eigenvalue weighted by molar-refractivity contribution is 5.93. The number of nitrogens with zero attached hydrogens (tertiary/aromatic N) is 2. The molecule has 0 saturated heterocycles. The summed E-state index contributed by atoms with van der Waals surface area (Å²) in [6.07, 6.45) is -0.911. The molecular formula is C19H15N3O4. The third kappa shape index (κ3) is 5.36. The molecule has 0 heterocycles. The van der Waals surface area contributed by atoms with Gasteiger partial charge in [0.25, 0.3) is 5.91 Å². The molecule has 0 aromatic heterocycles. The van der Waals surface area contributed by atoms with Crippen molar-refractivity contribution in [2.45, 2.75) is 13.0 Å². The largest absolute Gasteiger partial charge is 0.479 e. The van der Waals surface area contributed by atoms with Crippen LogP contribution in [0.1, 0.15) is 18.1 Å². The van der Waals surface area contributed by atoms with Gasteiger partial charge in [-0.25, -0.2) is 4.79 Å². The van der Waals surface area contributed by atoms with Crippen molar-refractivity contribution in [1.29, 1.82) is 10.5 Å². The number of benzene rings is 2. The Morgan fingerprint density at radius 2 is 1.54 bits per heavy atom. The topological polar surface area (TPSA) is 112 Å². The van der Waals surface area contributed by atoms with Crippen LogP contribution in [0.5, 0.6) is 5.75 Å². The van der Waals surface area contributed by atoms with Crippen molar-refractivity contribution >= 4 is 17.6 Å². The highest BCUT2D eigenvalue weighted by atomic mass is 16.6. The normalized spacial score (nSPS) is 10.7. The van der Waals surface area contributed by atoms with E-state index in [1.165, 1.54) is 6.92 Å². The third-order valence-corrected chi connectivity index (χ3v) is 3.27. The summed E-state index contributed by atoms with van der Waals surface area (Å²) in [6.45, 7) is 1.04. The van der Waals surface area contributed by atoms with E-state index < -0.39 is 24.6 Å². The van der Waals surface area contributed by atoms with Crippen molar-refractivity contribution in [2.24, 2.45) is 0 Å². The molecule has 2 rings (SSSR count). The Morgan fingerprint density at radius 3 is 2.08 bits per heavy atom. The molecule has 0 aliphatic rings. The number of esters is 1. The van der Waals surface area contributed by atoms with Gasteiger partial charge >= 0.3 is 5.97 Å². The first-order chi connectivity index (χ1) is 12.5. The molecule has 2 aromatic carbocycles. The zero-order valence-corrected chi connectivity index (χ0v) is 13.9. The van der Waals surface area contributed by atoms with E-state index in [1.54, 1.807) is 48.5 Å². The van der Waals surface area contributed by atoms with Gasteiger partial charge in [-0.2, -0.15) is 10.5 Å². The van der Waals surface area contributed by atoms with Crippen molar-refractivity contribution in [2.75, 3.05) is 11.9 Å². The van der Waals surface area contributed by atoms with Crippen molar-refractivity contribution in [3.63, 3.8) is 0 Å². The van der Waals surface area contributed by atoms with Gasteiger partial charge in [0.1, 0.15) is 5.75 Å². The molecule has 7 heteroatoms. The molecule has 0 fully saturated rings. The number of amides is 1. The first-order valence-corrected chi connectivity index (χ1v) is 7.65. The fraction of sp³-hybridized carbons (Fsp3) is 0.158. The van der Waals surface area contributed by atoms with Crippen LogP contribution in [-0.2, 0) is 14.3 Å². The van der Waals surface area contributed by atoms with E-state index >= 15 is 0 Å². The van der Waals surface area contributed by atoms with Crippen molar-refractivity contribution < 1.29 is 19.1 Å². The minimum Gasteiger partial charge on any atom is -0.479 e. The second-order valence-corrected chi connectivity index (χ2v) is 5.24. The number of nitriles is 2. The summed E-state index contributed by atoms with van der Waals surface area (Å²) < 4.78 is 10.3. The number of ether oxygens (including phenoxy) is 2. The van der Waals surface area contributed by atoms with Gasteiger partial charge in [0, 0.05) is 5.69 Å². The van der Waals surface area contributed by atoms with Crippen molar-refractivity contribution in [3.8, 4) is 17.9 Å². The van der Waals surface area contributed by atoms with Gasteiger partial charge < -0.3 is 14.8 Å². The van der Waals surface area contributed by atoms with E-state index in [0.717, 1.165) is 0 Å². The van der Waals surface area contributed by atoms with Crippen LogP contribution in [0.3, 0.4) is 0 Å². The zero-order valence-electron chi connectivity index (χ0n) is 13.9. The van der Waals surface area contributed by atoms with Crippen LogP contribution in [0.2, 0.25) is 0 Å². The predicted octanol–water partition coefficient (Wildman–Crippen LogP) is 2.38. The van der Waals surface area contributed by atoms with Gasteiger partial charge in [0.2, 0.25) is 0 Å². The Morgan fingerprint density at radius 1 is 1.00 bits per heavy atom. The maximum Gasteiger partial charge on any atom is 0.347 e. The summed E-state index contributed by atoms with van der Waals surface area (Å²) in [4.78, 5) is 23.7. The van der Waals surface area contributed by atoms with Gasteiger partial charge in [-0.3, -0.25) is 4.79 Å². The predicted molar refractivity (Wildman–Crippen MR) is 92.0 cm³/mol. The van der Waals surface area contributed by atoms with Crippen LogP contribution >= 0.6 is 0 Å².